The number of hydrogen-bond donors (Lipinski definition) is 0. The van der Waals surface area contributed by atoms with E-state index in [1.54, 1.807) is 0 Å². The molecule has 0 aliphatic rings. The highest BCUT2D eigenvalue weighted by Gasteiger charge is 2.29. The fraction of sp³-hybridized carbons (Fsp3) is 0.105. The van der Waals surface area contributed by atoms with Crippen LogP contribution in [0.3, 0.4) is 0 Å². The molecule has 4 nitrogen and oxygen atoms in total. The van der Waals surface area contributed by atoms with Gasteiger partial charge in [-0.1, -0.05) is 220 Å². The van der Waals surface area contributed by atoms with E-state index in [2.05, 4.69) is 210 Å². The summed E-state index contributed by atoms with van der Waals surface area (Å²) in [7, 11) is 0. The lowest BCUT2D eigenvalue weighted by Gasteiger charge is -2.28. The third-order valence-corrected chi connectivity index (χ3v) is 11.9. The van der Waals surface area contributed by atoms with E-state index in [0.717, 1.165) is 44.8 Å². The molecule has 5 heteroatoms. The Balaban J connectivity index is 1.25. The number of rotatable bonds is 10. The smallest absolute Gasteiger partial charge is 0.242 e. The Kier molecular flexibility index (Phi) is 11.2. The summed E-state index contributed by atoms with van der Waals surface area (Å²) in [5.41, 5.74) is 19.9. The number of nitrogens with zero attached hydrogens (tertiary/aromatic N) is 4. The van der Waals surface area contributed by atoms with Gasteiger partial charge < -0.3 is 0 Å². The van der Waals surface area contributed by atoms with Crippen LogP contribution >= 0.6 is 0 Å². The van der Waals surface area contributed by atoms with Crippen LogP contribution in [0.1, 0.15) is 33.4 Å². The molecule has 0 aliphatic carbocycles. The summed E-state index contributed by atoms with van der Waals surface area (Å²) in [5.74, 6) is 1.74. The van der Waals surface area contributed by atoms with E-state index in [1.807, 2.05) is 24.3 Å². The molecular weight excluding hydrogens is 751 g/mol. The lowest BCUT2D eigenvalue weighted by molar-refractivity contribution is 1.02. The van der Waals surface area contributed by atoms with Crippen LogP contribution in [-0.2, 0) is 0 Å². The SMILES string of the molecule is Cc1cc(C)c(B(c2ccc(N(c3nc(-c4ccccc4)nc(-c4ccc(-c5ccccc5)cc4)n3)c3ccccc3-c3ccccc3)cc2)c2c(C)cc(C)cc2C)c(C)c1. The maximum atomic E-state index is 5.34. The van der Waals surface area contributed by atoms with Crippen LogP contribution in [0, 0.1) is 41.5 Å². The van der Waals surface area contributed by atoms with E-state index in [1.165, 1.54) is 49.8 Å². The Hall–Kier alpha value is -7.37. The van der Waals surface area contributed by atoms with Gasteiger partial charge in [0.2, 0.25) is 12.7 Å². The van der Waals surface area contributed by atoms with E-state index in [9.17, 15) is 0 Å². The van der Waals surface area contributed by atoms with Gasteiger partial charge in [0.15, 0.2) is 11.6 Å². The standard InChI is InChI=1S/C57H49BN4/c1-38-34-40(3)53(41(4)35-38)58(54-42(5)36-39(2)37-43(54)6)49-30-32-50(33-31-49)62(52-25-17-16-24-51(52)46-20-12-8-13-21-46)57-60-55(47-22-14-9-15-23-47)59-56(61-57)48-28-26-45(27-29-48)44-18-10-7-11-19-44/h7-37H,1-6H3. The van der Waals surface area contributed by atoms with Gasteiger partial charge in [-0.3, -0.25) is 4.90 Å². The molecule has 8 aromatic carbocycles. The molecule has 300 valence electrons. The monoisotopic (exact) mass is 800 g/mol. The van der Waals surface area contributed by atoms with Crippen LogP contribution in [0.15, 0.2) is 188 Å². The quantitative estimate of drug-likeness (QED) is 0.129. The number of aromatic nitrogens is 3. The van der Waals surface area contributed by atoms with Crippen molar-refractivity contribution in [1.29, 1.82) is 0 Å². The number of aryl methyl sites for hydroxylation is 6. The van der Waals surface area contributed by atoms with Gasteiger partial charge in [-0.05, 0) is 76.4 Å². The average Bonchev–Trinajstić information content (AvgIpc) is 3.29. The van der Waals surface area contributed by atoms with Gasteiger partial charge in [0, 0.05) is 22.4 Å². The van der Waals surface area contributed by atoms with Gasteiger partial charge in [0.05, 0.1) is 5.69 Å². The van der Waals surface area contributed by atoms with Crippen LogP contribution < -0.4 is 21.3 Å². The number of benzene rings is 8. The number of para-hydroxylation sites is 1. The third-order valence-electron chi connectivity index (χ3n) is 11.9. The predicted molar refractivity (Wildman–Crippen MR) is 262 cm³/mol. The molecule has 0 unspecified atom stereocenters. The molecule has 0 saturated heterocycles. The molecule has 1 aromatic heterocycles. The number of hydrogen-bond acceptors (Lipinski definition) is 4. The summed E-state index contributed by atoms with van der Waals surface area (Å²) in [4.78, 5) is 18.0. The van der Waals surface area contributed by atoms with Crippen LogP contribution in [0.4, 0.5) is 17.3 Å². The van der Waals surface area contributed by atoms with Crippen molar-refractivity contribution in [2.45, 2.75) is 41.5 Å². The van der Waals surface area contributed by atoms with E-state index >= 15 is 0 Å². The summed E-state index contributed by atoms with van der Waals surface area (Å²) in [5, 5.41) is 0. The molecule has 1 heterocycles. The van der Waals surface area contributed by atoms with Gasteiger partial charge in [0.1, 0.15) is 0 Å². The van der Waals surface area contributed by atoms with Crippen molar-refractivity contribution in [3.05, 3.63) is 221 Å². The minimum Gasteiger partial charge on any atom is -0.278 e. The predicted octanol–water partition coefficient (Wildman–Crippen LogP) is 12.4. The molecule has 62 heavy (non-hydrogen) atoms. The highest BCUT2D eigenvalue weighted by Crippen LogP contribution is 2.40. The third kappa shape index (κ3) is 8.10. The Labute approximate surface area is 366 Å². The van der Waals surface area contributed by atoms with Gasteiger partial charge in [-0.15, -0.1) is 0 Å². The van der Waals surface area contributed by atoms with Crippen molar-refractivity contribution in [2.24, 2.45) is 0 Å². The molecule has 0 bridgehead atoms. The van der Waals surface area contributed by atoms with Crippen molar-refractivity contribution >= 4 is 40.4 Å². The van der Waals surface area contributed by atoms with Gasteiger partial charge in [-0.2, -0.15) is 9.97 Å². The zero-order valence-corrected chi connectivity index (χ0v) is 36.3. The van der Waals surface area contributed by atoms with Gasteiger partial charge in [0.25, 0.3) is 0 Å². The second-order valence-corrected chi connectivity index (χ2v) is 16.5. The molecule has 0 radical (unpaired) electrons. The lowest BCUT2D eigenvalue weighted by Crippen LogP contribution is -2.55. The molecule has 0 saturated carbocycles. The van der Waals surface area contributed by atoms with Crippen molar-refractivity contribution in [3.63, 3.8) is 0 Å². The first-order chi connectivity index (χ1) is 30.2. The van der Waals surface area contributed by atoms with E-state index in [0.29, 0.717) is 17.6 Å². The Morgan fingerprint density at radius 1 is 0.371 bits per heavy atom. The van der Waals surface area contributed by atoms with Crippen LogP contribution in [0.5, 0.6) is 0 Å². The van der Waals surface area contributed by atoms with Crippen molar-refractivity contribution in [1.82, 2.24) is 15.0 Å². The van der Waals surface area contributed by atoms with Crippen molar-refractivity contribution < 1.29 is 0 Å². The van der Waals surface area contributed by atoms with E-state index in [4.69, 9.17) is 15.0 Å². The second kappa shape index (κ2) is 17.3. The first kappa shape index (κ1) is 40.1. The summed E-state index contributed by atoms with van der Waals surface area (Å²) in [6.45, 7) is 13.5. The zero-order chi connectivity index (χ0) is 42.7. The minimum absolute atomic E-state index is 0.0441. The van der Waals surface area contributed by atoms with E-state index in [-0.39, 0.29) is 6.71 Å². The van der Waals surface area contributed by atoms with E-state index < -0.39 is 0 Å². The van der Waals surface area contributed by atoms with Crippen LogP contribution in [0.2, 0.25) is 0 Å². The topological polar surface area (TPSA) is 41.9 Å². The van der Waals surface area contributed by atoms with Crippen LogP contribution in [-0.4, -0.2) is 21.7 Å². The highest BCUT2D eigenvalue weighted by atomic mass is 15.3. The highest BCUT2D eigenvalue weighted by molar-refractivity contribution is 6.96. The fourth-order valence-electron chi connectivity index (χ4n) is 9.23. The first-order valence-electron chi connectivity index (χ1n) is 21.4. The molecule has 0 fully saturated rings. The normalized spacial score (nSPS) is 11.1. The molecule has 0 N–H and O–H groups in total. The molecule has 0 atom stereocenters. The molecule has 9 aromatic rings. The maximum Gasteiger partial charge on any atom is 0.242 e. The average molecular weight is 801 g/mol. The van der Waals surface area contributed by atoms with Crippen molar-refractivity contribution in [2.75, 3.05) is 4.90 Å². The zero-order valence-electron chi connectivity index (χ0n) is 36.3. The summed E-state index contributed by atoms with van der Waals surface area (Å²) in [6, 6.07) is 66.6. The molecule has 0 aliphatic heterocycles. The van der Waals surface area contributed by atoms with Crippen LogP contribution in [0.25, 0.3) is 45.0 Å². The first-order valence-corrected chi connectivity index (χ1v) is 21.4. The summed E-state index contributed by atoms with van der Waals surface area (Å²) >= 11 is 0. The lowest BCUT2D eigenvalue weighted by atomic mass is 9.34. The number of anilines is 3. The Morgan fingerprint density at radius 3 is 1.29 bits per heavy atom. The minimum atomic E-state index is 0.0441. The summed E-state index contributed by atoms with van der Waals surface area (Å²) < 4.78 is 0. The molecule has 0 amide bonds. The molecule has 0 spiro atoms. The molecule has 9 rings (SSSR count). The Morgan fingerprint density at radius 2 is 0.774 bits per heavy atom. The van der Waals surface area contributed by atoms with Gasteiger partial charge in [-0.25, -0.2) is 4.98 Å². The second-order valence-electron chi connectivity index (χ2n) is 16.5. The largest absolute Gasteiger partial charge is 0.278 e. The fourth-order valence-corrected chi connectivity index (χ4v) is 9.23. The van der Waals surface area contributed by atoms with Gasteiger partial charge >= 0.3 is 0 Å². The Bertz CT molecular complexity index is 2900. The van der Waals surface area contributed by atoms with Crippen molar-refractivity contribution in [3.8, 4) is 45.0 Å². The summed E-state index contributed by atoms with van der Waals surface area (Å²) in [6.07, 6.45) is 0. The maximum absolute atomic E-state index is 5.34. The molecular formula is C57H49BN4.